The molecule has 0 N–H and O–H groups in total. The summed E-state index contributed by atoms with van der Waals surface area (Å²) >= 11 is 0. The molecule has 0 amide bonds. The zero-order valence-corrected chi connectivity index (χ0v) is 14.2. The fourth-order valence-corrected chi connectivity index (χ4v) is 2.42. The molecular weight excluding hydrogens is 247 g/mol. The lowest BCUT2D eigenvalue weighted by Gasteiger charge is -1.98. The van der Waals surface area contributed by atoms with Gasteiger partial charge in [0.1, 0.15) is 0 Å². The van der Waals surface area contributed by atoms with Crippen LogP contribution >= 0.6 is 9.24 Å². The predicted molar refractivity (Wildman–Crippen MR) is 93.9 cm³/mol. The molecule has 0 saturated heterocycles. The second kappa shape index (κ2) is 17.9. The third kappa shape index (κ3) is 17.9. The van der Waals surface area contributed by atoms with Crippen molar-refractivity contribution in [3.05, 3.63) is 24.3 Å². The Balaban J connectivity index is 3.12. The Kier molecular flexibility index (Phi) is 17.8. The van der Waals surface area contributed by atoms with Gasteiger partial charge in [0.15, 0.2) is 0 Å². The molecule has 0 aromatic rings. The van der Waals surface area contributed by atoms with Crippen LogP contribution in [0.3, 0.4) is 0 Å². The van der Waals surface area contributed by atoms with Gasteiger partial charge >= 0.3 is 0 Å². The van der Waals surface area contributed by atoms with Crippen molar-refractivity contribution in [2.45, 2.75) is 84.0 Å². The Bertz CT molecular complexity index is 206. The average molecular weight is 282 g/mol. The third-order valence-electron chi connectivity index (χ3n) is 3.40. The summed E-state index contributed by atoms with van der Waals surface area (Å²) in [6.45, 7) is 2.26. The normalized spacial score (nSPS) is 11.9. The molecule has 1 heteroatoms. The van der Waals surface area contributed by atoms with Crippen LogP contribution in [0.25, 0.3) is 0 Å². The van der Waals surface area contributed by atoms with Crippen molar-refractivity contribution >= 4 is 9.24 Å². The molecule has 0 rings (SSSR count). The van der Waals surface area contributed by atoms with E-state index in [1.54, 1.807) is 0 Å². The molecule has 112 valence electrons. The van der Waals surface area contributed by atoms with E-state index in [4.69, 9.17) is 0 Å². The molecule has 0 fully saturated rings. The van der Waals surface area contributed by atoms with Gasteiger partial charge in [0.05, 0.1) is 0 Å². The first kappa shape index (κ1) is 18.9. The maximum Gasteiger partial charge on any atom is -0.0169 e. The summed E-state index contributed by atoms with van der Waals surface area (Å²) in [5.41, 5.74) is 0. The highest BCUT2D eigenvalue weighted by atomic mass is 31.0. The van der Waals surface area contributed by atoms with Gasteiger partial charge in [-0.05, 0) is 44.7 Å². The zero-order valence-electron chi connectivity index (χ0n) is 13.1. The van der Waals surface area contributed by atoms with Gasteiger partial charge in [0.25, 0.3) is 0 Å². The lowest BCUT2D eigenvalue weighted by Crippen LogP contribution is -1.80. The van der Waals surface area contributed by atoms with Gasteiger partial charge < -0.3 is 0 Å². The molecule has 1 unspecified atom stereocenters. The van der Waals surface area contributed by atoms with Crippen LogP contribution in [0.15, 0.2) is 24.3 Å². The Morgan fingerprint density at radius 3 is 1.74 bits per heavy atom. The molecule has 0 aliphatic heterocycles. The lowest BCUT2D eigenvalue weighted by atomic mass is 10.1. The molecule has 0 aromatic carbocycles. The highest BCUT2D eigenvalue weighted by molar-refractivity contribution is 7.16. The lowest BCUT2D eigenvalue weighted by molar-refractivity contribution is 0.613. The van der Waals surface area contributed by atoms with Crippen LogP contribution in [-0.2, 0) is 0 Å². The maximum atomic E-state index is 2.81. The van der Waals surface area contributed by atoms with Crippen molar-refractivity contribution in [2.24, 2.45) is 0 Å². The fourth-order valence-electron chi connectivity index (χ4n) is 2.13. The number of rotatable bonds is 14. The van der Waals surface area contributed by atoms with Gasteiger partial charge in [-0.2, -0.15) is 0 Å². The first-order valence-electron chi connectivity index (χ1n) is 8.42. The molecule has 0 aromatic heterocycles. The molecule has 0 bridgehead atoms. The SMILES string of the molecule is CCCCCC=CCC=CCCCCCCCCP. The first-order valence-corrected chi connectivity index (χ1v) is 9.23. The summed E-state index contributed by atoms with van der Waals surface area (Å²) in [5.74, 6) is 0. The van der Waals surface area contributed by atoms with Crippen LogP contribution in [0.2, 0.25) is 0 Å². The van der Waals surface area contributed by atoms with Gasteiger partial charge in [0, 0.05) is 0 Å². The molecule has 0 spiro atoms. The standard InChI is InChI=1S/C18H35P/c1-2-3-4-5-6-7-8-9-10-11-12-13-14-15-16-17-18-19/h6-7,9-10H,2-5,8,11-19H2,1H3. The summed E-state index contributed by atoms with van der Waals surface area (Å²) in [4.78, 5) is 0. The van der Waals surface area contributed by atoms with Gasteiger partial charge in [-0.3, -0.25) is 0 Å². The minimum Gasteiger partial charge on any atom is -0.138 e. The third-order valence-corrected chi connectivity index (χ3v) is 3.81. The van der Waals surface area contributed by atoms with Gasteiger partial charge in [-0.1, -0.05) is 69.8 Å². The van der Waals surface area contributed by atoms with Crippen LogP contribution in [0.1, 0.15) is 84.0 Å². The maximum absolute atomic E-state index is 2.81. The smallest absolute Gasteiger partial charge is 0.0169 e. The molecule has 0 aliphatic carbocycles. The van der Waals surface area contributed by atoms with Gasteiger partial charge in [0.2, 0.25) is 0 Å². The summed E-state index contributed by atoms with van der Waals surface area (Å²) in [6.07, 6.45) is 26.8. The van der Waals surface area contributed by atoms with Crippen molar-refractivity contribution in [3.8, 4) is 0 Å². The molecule has 0 nitrogen and oxygen atoms in total. The highest BCUT2D eigenvalue weighted by Crippen LogP contribution is 2.08. The van der Waals surface area contributed by atoms with Crippen molar-refractivity contribution in [1.29, 1.82) is 0 Å². The summed E-state index contributed by atoms with van der Waals surface area (Å²) < 4.78 is 0. The van der Waals surface area contributed by atoms with Crippen molar-refractivity contribution in [1.82, 2.24) is 0 Å². The Morgan fingerprint density at radius 2 is 1.16 bits per heavy atom. The Morgan fingerprint density at radius 1 is 0.632 bits per heavy atom. The Hall–Kier alpha value is -0.0900. The van der Waals surface area contributed by atoms with E-state index in [1.165, 1.54) is 76.8 Å². The largest absolute Gasteiger partial charge is 0.138 e. The molecule has 0 aliphatic rings. The summed E-state index contributed by atoms with van der Waals surface area (Å²) in [5, 5.41) is 0. The molecule has 0 heterocycles. The predicted octanol–water partition coefficient (Wildman–Crippen LogP) is 6.68. The monoisotopic (exact) mass is 282 g/mol. The summed E-state index contributed by atoms with van der Waals surface area (Å²) in [6, 6.07) is 0. The van der Waals surface area contributed by atoms with E-state index >= 15 is 0 Å². The van der Waals surface area contributed by atoms with Crippen LogP contribution in [0.4, 0.5) is 0 Å². The van der Waals surface area contributed by atoms with E-state index in [0.29, 0.717) is 0 Å². The molecule has 19 heavy (non-hydrogen) atoms. The number of hydrogen-bond donors (Lipinski definition) is 0. The van der Waals surface area contributed by atoms with Crippen LogP contribution in [-0.4, -0.2) is 6.16 Å². The molecule has 0 radical (unpaired) electrons. The van der Waals surface area contributed by atoms with E-state index in [9.17, 15) is 0 Å². The second-order valence-electron chi connectivity index (χ2n) is 5.37. The number of unbranched alkanes of at least 4 members (excludes halogenated alkanes) is 9. The van der Waals surface area contributed by atoms with E-state index in [0.717, 1.165) is 6.42 Å². The quantitative estimate of drug-likeness (QED) is 0.189. The van der Waals surface area contributed by atoms with E-state index in [-0.39, 0.29) is 0 Å². The molecule has 1 atom stereocenters. The average Bonchev–Trinajstić information content (AvgIpc) is 2.43. The van der Waals surface area contributed by atoms with Crippen molar-refractivity contribution < 1.29 is 0 Å². The van der Waals surface area contributed by atoms with Crippen molar-refractivity contribution in [3.63, 3.8) is 0 Å². The van der Waals surface area contributed by atoms with E-state index in [2.05, 4.69) is 40.5 Å². The van der Waals surface area contributed by atoms with Gasteiger partial charge in [-0.25, -0.2) is 0 Å². The van der Waals surface area contributed by atoms with E-state index in [1.807, 2.05) is 0 Å². The van der Waals surface area contributed by atoms with Crippen LogP contribution < -0.4 is 0 Å². The highest BCUT2D eigenvalue weighted by Gasteiger charge is 1.89. The summed E-state index contributed by atoms with van der Waals surface area (Å²) in [7, 11) is 2.81. The van der Waals surface area contributed by atoms with Crippen LogP contribution in [0.5, 0.6) is 0 Å². The minimum absolute atomic E-state index is 1.13. The van der Waals surface area contributed by atoms with E-state index < -0.39 is 0 Å². The molecular formula is C18H35P. The topological polar surface area (TPSA) is 0 Å². The van der Waals surface area contributed by atoms with Gasteiger partial charge in [-0.15, -0.1) is 9.24 Å². The second-order valence-corrected chi connectivity index (χ2v) is 5.95. The number of allylic oxidation sites excluding steroid dienone is 4. The molecule has 0 saturated carbocycles. The van der Waals surface area contributed by atoms with Crippen LogP contribution in [0, 0.1) is 0 Å². The Labute approximate surface area is 124 Å². The zero-order chi connectivity index (χ0) is 14.0. The van der Waals surface area contributed by atoms with Crippen molar-refractivity contribution in [2.75, 3.05) is 6.16 Å². The first-order chi connectivity index (χ1) is 9.41. The minimum atomic E-state index is 1.13. The number of hydrogen-bond acceptors (Lipinski definition) is 0. The fraction of sp³-hybridized carbons (Fsp3) is 0.778.